The summed E-state index contributed by atoms with van der Waals surface area (Å²) in [5, 5.41) is 2.12. The molecule has 0 aliphatic heterocycles. The van der Waals surface area contributed by atoms with E-state index in [9.17, 15) is 0 Å². The third-order valence-electron chi connectivity index (χ3n) is 10.1. The standard InChI is InChI=1S/C32H31N4O.C15H18GeN.Ir/c1-17(2)22-10-8-11-23(18(3)4)29(22)36-28-16-33-19(5)15-27(28)35-32(36)25-13-9-12-24-26-14-20(6)34-21(7)30(26)37-31(24)25;1-12-5-7-13(8-6-12)15-10-9-14(11-17-15)16(2,3)4;/h8-12,14-18H,1-7H3;5-7,9-11H,1-4H3;/q2*-1;. The largest absolute Gasteiger partial charge is 0.499 e. The minimum absolute atomic E-state index is 0. The predicted molar refractivity (Wildman–Crippen MR) is 227 cm³/mol. The molecule has 0 spiro atoms. The molecule has 8 aromatic rings. The molecule has 6 nitrogen and oxygen atoms in total. The van der Waals surface area contributed by atoms with Gasteiger partial charge in [-0.25, -0.2) is 0 Å². The molecule has 1 radical (unpaired) electrons. The van der Waals surface area contributed by atoms with E-state index in [-0.39, 0.29) is 20.1 Å². The van der Waals surface area contributed by atoms with Crippen molar-refractivity contribution < 1.29 is 24.5 Å². The van der Waals surface area contributed by atoms with Crippen LogP contribution in [-0.2, 0) is 20.1 Å². The minimum atomic E-state index is -1.73. The monoisotopic (exact) mass is 966 g/mol. The molecule has 5 heterocycles. The number of rotatable bonds is 6. The molecule has 0 saturated heterocycles. The molecule has 8 rings (SSSR count). The summed E-state index contributed by atoms with van der Waals surface area (Å²) >= 11 is -1.73. The number of nitrogens with zero attached hydrogens (tertiary/aromatic N) is 5. The van der Waals surface area contributed by atoms with Gasteiger partial charge >= 0.3 is 106 Å². The molecule has 0 saturated carbocycles. The van der Waals surface area contributed by atoms with Crippen molar-refractivity contribution in [2.75, 3.05) is 0 Å². The van der Waals surface area contributed by atoms with Crippen LogP contribution < -0.4 is 4.40 Å². The molecule has 0 amide bonds. The van der Waals surface area contributed by atoms with Gasteiger partial charge in [0.25, 0.3) is 0 Å². The maximum absolute atomic E-state index is 6.53. The first-order valence-corrected chi connectivity index (χ1v) is 26.2. The number of pyridine rings is 3. The van der Waals surface area contributed by atoms with Crippen LogP contribution in [0.4, 0.5) is 0 Å². The summed E-state index contributed by atoms with van der Waals surface area (Å²) in [6, 6.07) is 32.1. The van der Waals surface area contributed by atoms with Crippen molar-refractivity contribution in [2.24, 2.45) is 0 Å². The van der Waals surface area contributed by atoms with E-state index in [1.165, 1.54) is 26.8 Å². The average Bonchev–Trinajstić information content (AvgIpc) is 3.70. The molecule has 8 heteroatoms. The van der Waals surface area contributed by atoms with E-state index in [1.54, 1.807) is 0 Å². The number of imidazole rings is 1. The third-order valence-corrected chi connectivity index (χ3v) is 14.3. The molecule has 0 bridgehead atoms. The van der Waals surface area contributed by atoms with Crippen LogP contribution in [0.3, 0.4) is 0 Å². The fourth-order valence-corrected chi connectivity index (χ4v) is 9.29. The van der Waals surface area contributed by atoms with Crippen molar-refractivity contribution in [3.05, 3.63) is 131 Å². The van der Waals surface area contributed by atoms with Gasteiger partial charge in [0.05, 0.1) is 34.3 Å². The summed E-state index contributed by atoms with van der Waals surface area (Å²) in [5.41, 5.74) is 14.2. The molecular formula is C47H49GeIrN5O-2. The van der Waals surface area contributed by atoms with E-state index in [4.69, 9.17) is 9.40 Å². The SMILES string of the molecule is Cc1c[c-]c(-c2cc[c]([Ge]([CH3])([CH3])[CH3])cn2)cc1.Cc1cc2nc(-c3[c-]ccc4c3oc3c(C)nc(C)cc34)n(-c3c(C(C)C)cccc3C(C)C)c2cn1.[Ir]. The van der Waals surface area contributed by atoms with Crippen LogP contribution in [0.5, 0.6) is 0 Å². The van der Waals surface area contributed by atoms with Gasteiger partial charge in [0.15, 0.2) is 0 Å². The molecule has 0 N–H and O–H groups in total. The van der Waals surface area contributed by atoms with Gasteiger partial charge in [0.1, 0.15) is 5.58 Å². The Kier molecular flexibility index (Phi) is 11.7. The molecule has 3 aromatic carbocycles. The topological polar surface area (TPSA) is 69.6 Å². The van der Waals surface area contributed by atoms with Crippen LogP contribution in [0.2, 0.25) is 17.3 Å². The second-order valence-electron chi connectivity index (χ2n) is 16.1. The van der Waals surface area contributed by atoms with Crippen LogP contribution in [0.1, 0.15) is 73.3 Å². The number of aryl methyl sites for hydroxylation is 4. The van der Waals surface area contributed by atoms with Crippen molar-refractivity contribution >= 4 is 50.6 Å². The quantitative estimate of drug-likeness (QED) is 0.123. The fourth-order valence-electron chi connectivity index (χ4n) is 7.12. The molecule has 0 unspecified atom stereocenters. The van der Waals surface area contributed by atoms with Gasteiger partial charge in [-0.2, -0.15) is 0 Å². The van der Waals surface area contributed by atoms with Crippen LogP contribution in [0.25, 0.3) is 61.3 Å². The zero-order valence-corrected chi connectivity index (χ0v) is 38.2. The van der Waals surface area contributed by atoms with Crippen LogP contribution in [-0.4, -0.2) is 37.8 Å². The first kappa shape index (κ1) is 40.2. The van der Waals surface area contributed by atoms with Crippen molar-refractivity contribution in [3.8, 4) is 28.3 Å². The molecule has 0 aliphatic carbocycles. The second-order valence-corrected chi connectivity index (χ2v) is 26.7. The molecule has 283 valence electrons. The number of hydrogen-bond acceptors (Lipinski definition) is 5. The van der Waals surface area contributed by atoms with E-state index in [0.29, 0.717) is 11.8 Å². The Morgan fingerprint density at radius 1 is 0.727 bits per heavy atom. The summed E-state index contributed by atoms with van der Waals surface area (Å²) in [7, 11) is 0. The van der Waals surface area contributed by atoms with Gasteiger partial charge in [-0.1, -0.05) is 56.8 Å². The van der Waals surface area contributed by atoms with Crippen molar-refractivity contribution in [3.63, 3.8) is 0 Å². The van der Waals surface area contributed by atoms with Crippen LogP contribution >= 0.6 is 0 Å². The second kappa shape index (κ2) is 16.0. The number of para-hydroxylation sites is 1. The van der Waals surface area contributed by atoms with Gasteiger partial charge in [-0.05, 0) is 55.9 Å². The Labute approximate surface area is 341 Å². The maximum atomic E-state index is 6.53. The summed E-state index contributed by atoms with van der Waals surface area (Å²) in [5.74, 6) is 8.63. The first-order valence-electron chi connectivity index (χ1n) is 18.9. The first-order chi connectivity index (χ1) is 25.7. The van der Waals surface area contributed by atoms with Crippen LogP contribution in [0.15, 0.2) is 89.6 Å². The summed E-state index contributed by atoms with van der Waals surface area (Å²) in [4.78, 5) is 19.1. The van der Waals surface area contributed by atoms with Crippen molar-refractivity contribution in [1.29, 1.82) is 0 Å². The zero-order chi connectivity index (χ0) is 38.5. The molecule has 0 atom stereocenters. The number of fused-ring (bicyclic) bond motifs is 4. The van der Waals surface area contributed by atoms with Gasteiger partial charge in [0.2, 0.25) is 0 Å². The number of hydrogen-bond donors (Lipinski definition) is 0. The molecule has 0 fully saturated rings. The molecule has 5 aromatic heterocycles. The van der Waals surface area contributed by atoms with Crippen molar-refractivity contribution in [2.45, 2.75) is 84.5 Å². The Balaban J connectivity index is 0.000000241. The summed E-state index contributed by atoms with van der Waals surface area (Å²) < 4.78 is 10.3. The minimum Gasteiger partial charge on any atom is -0.499 e. The van der Waals surface area contributed by atoms with Crippen LogP contribution in [0, 0.1) is 39.8 Å². The fraction of sp³-hybridized carbons (Fsp3) is 0.277. The normalized spacial score (nSPS) is 11.7. The Morgan fingerprint density at radius 3 is 2.07 bits per heavy atom. The third kappa shape index (κ3) is 7.98. The zero-order valence-electron chi connectivity index (χ0n) is 33.7. The molecular weight excluding hydrogens is 915 g/mol. The van der Waals surface area contributed by atoms with Gasteiger partial charge < -0.3 is 8.98 Å². The van der Waals surface area contributed by atoms with Gasteiger partial charge in [-0.3, -0.25) is 15.0 Å². The van der Waals surface area contributed by atoms with E-state index >= 15 is 0 Å². The van der Waals surface area contributed by atoms with E-state index in [2.05, 4.69) is 144 Å². The van der Waals surface area contributed by atoms with Gasteiger partial charge in [0, 0.05) is 42.6 Å². The number of benzene rings is 3. The summed E-state index contributed by atoms with van der Waals surface area (Å²) in [6.45, 7) is 17.1. The average molecular weight is 965 g/mol. The van der Waals surface area contributed by atoms with E-state index in [0.717, 1.165) is 72.7 Å². The Bertz CT molecular complexity index is 2610. The smallest absolute Gasteiger partial charge is 0.142 e. The van der Waals surface area contributed by atoms with E-state index < -0.39 is 13.3 Å². The number of furan rings is 1. The molecule has 55 heavy (non-hydrogen) atoms. The summed E-state index contributed by atoms with van der Waals surface area (Å²) in [6.07, 6.45) is 3.99. The van der Waals surface area contributed by atoms with Crippen molar-refractivity contribution in [1.82, 2.24) is 24.5 Å². The predicted octanol–water partition coefficient (Wildman–Crippen LogP) is 11.8. The van der Waals surface area contributed by atoms with Gasteiger partial charge in [-0.15, -0.1) is 18.2 Å². The number of aromatic nitrogens is 5. The maximum Gasteiger partial charge on any atom is 0.142 e. The van der Waals surface area contributed by atoms with E-state index in [1.807, 2.05) is 45.3 Å². The Morgan fingerprint density at radius 2 is 1.45 bits per heavy atom. The molecule has 0 aliphatic rings. The Hall–Kier alpha value is -4.43.